The van der Waals surface area contributed by atoms with Gasteiger partial charge in [-0.15, -0.1) is 0 Å². The molecule has 2 aromatic heterocycles. The van der Waals surface area contributed by atoms with Crippen LogP contribution in [0, 0.1) is 0 Å². The largest absolute Gasteiger partial charge is 0.265 e. The molecule has 0 unspecified atom stereocenters. The minimum Gasteiger partial charge on any atom is -0.265 e. The van der Waals surface area contributed by atoms with Crippen molar-refractivity contribution in [1.29, 1.82) is 0 Å². The van der Waals surface area contributed by atoms with Gasteiger partial charge in [0.25, 0.3) is 0 Å². The van der Waals surface area contributed by atoms with E-state index >= 15 is 0 Å². The van der Waals surface area contributed by atoms with Gasteiger partial charge < -0.3 is 0 Å². The predicted molar refractivity (Wildman–Crippen MR) is 185 cm³/mol. The second-order valence-electron chi connectivity index (χ2n) is 12.1. The second-order valence-corrected chi connectivity index (χ2v) is 12.1. The van der Waals surface area contributed by atoms with Gasteiger partial charge in [0.05, 0.1) is 0 Å². The molecule has 0 radical (unpaired) electrons. The van der Waals surface area contributed by atoms with Crippen LogP contribution < -0.4 is 0 Å². The molecule has 1 aliphatic rings. The smallest absolute Gasteiger partial charge is 0.0273 e. The number of rotatable bonds is 5. The van der Waals surface area contributed by atoms with Crippen molar-refractivity contribution in [1.82, 2.24) is 9.97 Å². The maximum absolute atomic E-state index is 4.25. The topological polar surface area (TPSA) is 25.8 Å². The zero-order chi connectivity index (χ0) is 29.3. The number of aromatic nitrogens is 2. The molecule has 2 nitrogen and oxygen atoms in total. The van der Waals surface area contributed by atoms with Crippen molar-refractivity contribution >= 4 is 21.5 Å². The van der Waals surface area contributed by atoms with Crippen LogP contribution in [0.25, 0.3) is 66.1 Å². The van der Waals surface area contributed by atoms with E-state index in [0.717, 1.165) is 0 Å². The molecule has 5 aromatic carbocycles. The lowest BCUT2D eigenvalue weighted by Crippen LogP contribution is -2.04. The highest BCUT2D eigenvalue weighted by Crippen LogP contribution is 2.46. The lowest BCUT2D eigenvalue weighted by Gasteiger charge is -2.24. The third-order valence-electron chi connectivity index (χ3n) is 9.45. The Labute approximate surface area is 259 Å². The third kappa shape index (κ3) is 4.87. The summed E-state index contributed by atoms with van der Waals surface area (Å²) in [7, 11) is 0. The summed E-state index contributed by atoms with van der Waals surface area (Å²) in [6.07, 6.45) is 14.1. The van der Waals surface area contributed by atoms with Crippen molar-refractivity contribution in [2.45, 2.75) is 38.0 Å². The fraction of sp³-hybridized carbons (Fsp3) is 0.143. The average Bonchev–Trinajstić information content (AvgIpc) is 3.11. The van der Waals surface area contributed by atoms with Crippen molar-refractivity contribution in [2.75, 3.05) is 0 Å². The Bertz CT molecular complexity index is 2090. The number of hydrogen-bond acceptors (Lipinski definition) is 2. The molecule has 0 saturated heterocycles. The van der Waals surface area contributed by atoms with E-state index in [1.807, 2.05) is 24.8 Å². The van der Waals surface area contributed by atoms with Crippen LogP contribution in [-0.4, -0.2) is 9.97 Å². The minimum absolute atomic E-state index is 0.633. The maximum Gasteiger partial charge on any atom is 0.0273 e. The Morgan fingerprint density at radius 1 is 0.386 bits per heavy atom. The predicted octanol–water partition coefficient (Wildman–Crippen LogP) is 11.5. The number of pyridine rings is 2. The summed E-state index contributed by atoms with van der Waals surface area (Å²) in [5.74, 6) is 0.633. The number of fused-ring (bicyclic) bond motifs is 2. The van der Waals surface area contributed by atoms with E-state index in [4.69, 9.17) is 0 Å². The van der Waals surface area contributed by atoms with Gasteiger partial charge >= 0.3 is 0 Å². The van der Waals surface area contributed by atoms with Crippen LogP contribution in [-0.2, 0) is 0 Å². The third-order valence-corrected chi connectivity index (χ3v) is 9.45. The van der Waals surface area contributed by atoms with E-state index in [1.165, 1.54) is 104 Å². The molecule has 0 aliphatic heterocycles. The first-order valence-corrected chi connectivity index (χ1v) is 15.8. The second kappa shape index (κ2) is 11.5. The van der Waals surface area contributed by atoms with Gasteiger partial charge in [-0.2, -0.15) is 0 Å². The molecule has 44 heavy (non-hydrogen) atoms. The van der Waals surface area contributed by atoms with Crippen LogP contribution in [0.1, 0.15) is 43.6 Å². The molecule has 2 heterocycles. The van der Waals surface area contributed by atoms with E-state index in [2.05, 4.69) is 125 Å². The number of nitrogens with zero attached hydrogens (tertiary/aromatic N) is 2. The first kappa shape index (κ1) is 26.5. The summed E-state index contributed by atoms with van der Waals surface area (Å²) in [4.78, 5) is 8.49. The van der Waals surface area contributed by atoms with Crippen LogP contribution in [0.3, 0.4) is 0 Å². The van der Waals surface area contributed by atoms with Crippen LogP contribution in [0.2, 0.25) is 0 Å². The highest BCUT2D eigenvalue weighted by Gasteiger charge is 2.21. The lowest BCUT2D eigenvalue weighted by atomic mass is 9.80. The molecule has 0 N–H and O–H groups in total. The van der Waals surface area contributed by atoms with Gasteiger partial charge in [-0.05, 0) is 127 Å². The zero-order valence-corrected chi connectivity index (χ0v) is 24.8. The van der Waals surface area contributed by atoms with E-state index in [0.29, 0.717) is 5.92 Å². The van der Waals surface area contributed by atoms with Gasteiger partial charge in [-0.3, -0.25) is 9.97 Å². The summed E-state index contributed by atoms with van der Waals surface area (Å²) >= 11 is 0. The SMILES string of the molecule is c1cc(-c2ccncc2)cc(-c2c3ccccc3c(-c3cccc(-c4ccncc4)c3)c3cc(C4CCCCC4)ccc23)c1. The van der Waals surface area contributed by atoms with Crippen molar-refractivity contribution in [2.24, 2.45) is 0 Å². The molecule has 0 spiro atoms. The molecule has 8 rings (SSSR count). The first-order valence-electron chi connectivity index (χ1n) is 15.8. The molecule has 1 fully saturated rings. The van der Waals surface area contributed by atoms with Crippen LogP contribution in [0.4, 0.5) is 0 Å². The van der Waals surface area contributed by atoms with E-state index in [-0.39, 0.29) is 0 Å². The number of benzene rings is 5. The minimum atomic E-state index is 0.633. The number of hydrogen-bond donors (Lipinski definition) is 0. The normalized spacial score (nSPS) is 13.8. The summed E-state index contributed by atoms with van der Waals surface area (Å²) in [6.45, 7) is 0. The molecule has 0 amide bonds. The molecule has 1 saturated carbocycles. The van der Waals surface area contributed by atoms with Gasteiger partial charge in [0.2, 0.25) is 0 Å². The van der Waals surface area contributed by atoms with Crippen LogP contribution in [0.15, 0.2) is 140 Å². The standard InChI is InChI=1S/C42H34N2/c1-2-8-29(9-3-1)34-16-17-39-40(28-34)42(36-13-7-11-33(27-36)31-20-24-44-25-21-31)38-15-5-4-14-37(38)41(39)35-12-6-10-32(26-35)30-18-22-43-23-19-30/h4-7,10-29H,1-3,8-9H2. The van der Waals surface area contributed by atoms with Gasteiger partial charge in [-0.1, -0.05) is 98.1 Å². The molecular weight excluding hydrogens is 532 g/mol. The monoisotopic (exact) mass is 566 g/mol. The highest BCUT2D eigenvalue weighted by atomic mass is 14.6. The maximum atomic E-state index is 4.25. The molecule has 1 aliphatic carbocycles. The molecule has 0 bridgehead atoms. The molecule has 7 aromatic rings. The summed E-state index contributed by atoms with van der Waals surface area (Å²) < 4.78 is 0. The summed E-state index contributed by atoms with van der Waals surface area (Å²) in [5.41, 5.74) is 11.4. The first-order chi connectivity index (χ1) is 21.8. The van der Waals surface area contributed by atoms with Crippen molar-refractivity contribution < 1.29 is 0 Å². The fourth-order valence-electron chi connectivity index (χ4n) is 7.31. The Kier molecular flexibility index (Phi) is 6.96. The average molecular weight is 567 g/mol. The van der Waals surface area contributed by atoms with E-state index in [9.17, 15) is 0 Å². The van der Waals surface area contributed by atoms with Crippen molar-refractivity contribution in [3.05, 3.63) is 146 Å². The Morgan fingerprint density at radius 2 is 0.886 bits per heavy atom. The Morgan fingerprint density at radius 3 is 1.45 bits per heavy atom. The highest BCUT2D eigenvalue weighted by molar-refractivity contribution is 6.21. The lowest BCUT2D eigenvalue weighted by molar-refractivity contribution is 0.444. The molecule has 2 heteroatoms. The van der Waals surface area contributed by atoms with Gasteiger partial charge in [0.15, 0.2) is 0 Å². The molecule has 212 valence electrons. The molecule has 0 atom stereocenters. The summed E-state index contributed by atoms with van der Waals surface area (Å²) in [6, 6.07) is 42.7. The molecular formula is C42H34N2. The van der Waals surface area contributed by atoms with Crippen LogP contribution >= 0.6 is 0 Å². The van der Waals surface area contributed by atoms with Gasteiger partial charge in [0.1, 0.15) is 0 Å². The summed E-state index contributed by atoms with van der Waals surface area (Å²) in [5, 5.41) is 5.21. The zero-order valence-electron chi connectivity index (χ0n) is 24.8. The van der Waals surface area contributed by atoms with Gasteiger partial charge in [0, 0.05) is 24.8 Å². The van der Waals surface area contributed by atoms with E-state index in [1.54, 1.807) is 0 Å². The van der Waals surface area contributed by atoms with Crippen molar-refractivity contribution in [3.8, 4) is 44.5 Å². The quantitative estimate of drug-likeness (QED) is 0.194. The fourth-order valence-corrected chi connectivity index (χ4v) is 7.31. The van der Waals surface area contributed by atoms with Crippen molar-refractivity contribution in [3.63, 3.8) is 0 Å². The Balaban J connectivity index is 1.42. The van der Waals surface area contributed by atoms with E-state index < -0.39 is 0 Å². The van der Waals surface area contributed by atoms with Gasteiger partial charge in [-0.25, -0.2) is 0 Å². The van der Waals surface area contributed by atoms with Crippen LogP contribution in [0.5, 0.6) is 0 Å². The Hall–Kier alpha value is -5.08.